The van der Waals surface area contributed by atoms with Crippen molar-refractivity contribution in [2.75, 3.05) is 0 Å². The number of carbonyl (C=O) groups is 1. The Balaban J connectivity index is 3.14. The molecule has 15 heavy (non-hydrogen) atoms. The molecular weight excluding hydrogens is 194 g/mol. The fourth-order valence-corrected chi connectivity index (χ4v) is 1.32. The van der Waals surface area contributed by atoms with Crippen LogP contribution in [0.25, 0.3) is 0 Å². The monoisotopic (exact) mass is 207 g/mol. The number of hydrogen-bond donors (Lipinski definition) is 3. The third-order valence-corrected chi connectivity index (χ3v) is 2.23. The van der Waals surface area contributed by atoms with Crippen LogP contribution < -0.4 is 5.73 Å². The molecule has 1 atom stereocenters. The van der Waals surface area contributed by atoms with Crippen molar-refractivity contribution in [3.05, 3.63) is 42.5 Å². The average molecular weight is 207 g/mol. The summed E-state index contributed by atoms with van der Waals surface area (Å²) in [7, 11) is 0. The first kappa shape index (κ1) is 11.3. The summed E-state index contributed by atoms with van der Waals surface area (Å²) in [5, 5.41) is 18.1. The summed E-state index contributed by atoms with van der Waals surface area (Å²) in [6.07, 6.45) is 1.59. The van der Waals surface area contributed by atoms with Gasteiger partial charge in [-0.1, -0.05) is 18.2 Å². The van der Waals surface area contributed by atoms with E-state index in [1.807, 2.05) is 0 Å². The lowest BCUT2D eigenvalue weighted by molar-refractivity contribution is -0.143. The van der Waals surface area contributed by atoms with E-state index in [0.717, 1.165) is 0 Å². The molecule has 0 saturated heterocycles. The molecule has 0 aromatic heterocycles. The Hall–Kier alpha value is -1.81. The summed E-state index contributed by atoms with van der Waals surface area (Å²) in [5.74, 6) is -1.04. The minimum absolute atomic E-state index is 0.0742. The highest BCUT2D eigenvalue weighted by atomic mass is 16.4. The summed E-state index contributed by atoms with van der Waals surface area (Å²) < 4.78 is 0. The molecule has 0 aliphatic carbocycles. The van der Waals surface area contributed by atoms with E-state index < -0.39 is 11.5 Å². The van der Waals surface area contributed by atoms with E-state index in [-0.39, 0.29) is 12.2 Å². The van der Waals surface area contributed by atoms with E-state index in [0.29, 0.717) is 5.56 Å². The molecule has 4 N–H and O–H groups in total. The summed E-state index contributed by atoms with van der Waals surface area (Å²) in [5.41, 5.74) is 4.73. The van der Waals surface area contributed by atoms with Crippen LogP contribution in [0.1, 0.15) is 12.0 Å². The van der Waals surface area contributed by atoms with Gasteiger partial charge in [0.15, 0.2) is 0 Å². The van der Waals surface area contributed by atoms with Gasteiger partial charge in [-0.25, -0.2) is 4.79 Å². The van der Waals surface area contributed by atoms with Crippen LogP contribution in [0.5, 0.6) is 5.75 Å². The number of rotatable bonds is 4. The van der Waals surface area contributed by atoms with Crippen molar-refractivity contribution >= 4 is 5.97 Å². The fourth-order valence-electron chi connectivity index (χ4n) is 1.32. The van der Waals surface area contributed by atoms with Crippen LogP contribution in [0.3, 0.4) is 0 Å². The number of aliphatic carboxylic acids is 1. The van der Waals surface area contributed by atoms with Gasteiger partial charge < -0.3 is 15.9 Å². The van der Waals surface area contributed by atoms with Crippen molar-refractivity contribution < 1.29 is 15.0 Å². The molecule has 1 rings (SSSR count). The summed E-state index contributed by atoms with van der Waals surface area (Å²) in [6.45, 7) is 3.48. The normalized spacial score (nSPS) is 14.2. The second kappa shape index (κ2) is 4.14. The van der Waals surface area contributed by atoms with Crippen molar-refractivity contribution in [2.24, 2.45) is 5.73 Å². The number of carboxylic acids is 1. The summed E-state index contributed by atoms with van der Waals surface area (Å²) >= 11 is 0. The molecule has 1 unspecified atom stereocenters. The quantitative estimate of drug-likeness (QED) is 0.648. The van der Waals surface area contributed by atoms with Crippen LogP contribution in [-0.2, 0) is 10.3 Å². The van der Waals surface area contributed by atoms with Crippen molar-refractivity contribution in [1.29, 1.82) is 0 Å². The lowest BCUT2D eigenvalue weighted by Crippen LogP contribution is -2.44. The van der Waals surface area contributed by atoms with Gasteiger partial charge in [0.05, 0.1) is 0 Å². The van der Waals surface area contributed by atoms with Gasteiger partial charge in [0, 0.05) is 0 Å². The minimum atomic E-state index is -1.48. The predicted molar refractivity (Wildman–Crippen MR) is 56.4 cm³/mol. The lowest BCUT2D eigenvalue weighted by atomic mass is 9.88. The molecule has 0 bridgehead atoms. The maximum atomic E-state index is 11.1. The second-order valence-corrected chi connectivity index (χ2v) is 3.32. The Morgan fingerprint density at radius 3 is 2.40 bits per heavy atom. The van der Waals surface area contributed by atoms with Gasteiger partial charge in [-0.15, -0.1) is 6.58 Å². The Kier molecular flexibility index (Phi) is 3.11. The van der Waals surface area contributed by atoms with E-state index in [9.17, 15) is 4.79 Å². The van der Waals surface area contributed by atoms with Gasteiger partial charge in [-0.2, -0.15) is 0 Å². The SMILES string of the molecule is C=CCC(N)(C(=O)O)c1ccc(O)cc1. The highest BCUT2D eigenvalue weighted by Gasteiger charge is 2.34. The van der Waals surface area contributed by atoms with Gasteiger partial charge in [0.2, 0.25) is 0 Å². The number of aromatic hydroxyl groups is 1. The third kappa shape index (κ3) is 2.16. The zero-order valence-corrected chi connectivity index (χ0v) is 8.18. The van der Waals surface area contributed by atoms with Crippen LogP contribution in [0.15, 0.2) is 36.9 Å². The van der Waals surface area contributed by atoms with Gasteiger partial charge in [-0.3, -0.25) is 0 Å². The molecular formula is C11H13NO3. The van der Waals surface area contributed by atoms with E-state index in [1.165, 1.54) is 30.3 Å². The lowest BCUT2D eigenvalue weighted by Gasteiger charge is -2.23. The number of nitrogens with two attached hydrogens (primary N) is 1. The van der Waals surface area contributed by atoms with Crippen molar-refractivity contribution in [1.82, 2.24) is 0 Å². The largest absolute Gasteiger partial charge is 0.508 e. The molecule has 0 amide bonds. The van der Waals surface area contributed by atoms with Crippen LogP contribution in [0.2, 0.25) is 0 Å². The molecule has 4 nitrogen and oxygen atoms in total. The standard InChI is InChI=1S/C11H13NO3/c1-2-7-11(12,10(14)15)8-3-5-9(13)6-4-8/h2-6,13H,1,7,12H2,(H,14,15). The maximum Gasteiger partial charge on any atom is 0.328 e. The van der Waals surface area contributed by atoms with Crippen LogP contribution >= 0.6 is 0 Å². The van der Waals surface area contributed by atoms with Crippen molar-refractivity contribution in [2.45, 2.75) is 12.0 Å². The Morgan fingerprint density at radius 2 is 2.00 bits per heavy atom. The molecule has 4 heteroatoms. The topological polar surface area (TPSA) is 83.6 Å². The van der Waals surface area contributed by atoms with Gasteiger partial charge in [0.25, 0.3) is 0 Å². The molecule has 0 radical (unpaired) electrons. The Morgan fingerprint density at radius 1 is 1.47 bits per heavy atom. The Labute approximate surface area is 87.7 Å². The number of phenolic OH excluding ortho intramolecular Hbond substituents is 1. The molecule has 1 aromatic rings. The molecule has 80 valence electrons. The zero-order valence-electron chi connectivity index (χ0n) is 8.18. The van der Waals surface area contributed by atoms with Crippen LogP contribution in [0.4, 0.5) is 0 Å². The zero-order chi connectivity index (χ0) is 11.5. The van der Waals surface area contributed by atoms with Gasteiger partial charge in [0.1, 0.15) is 11.3 Å². The first-order valence-electron chi connectivity index (χ1n) is 4.43. The number of hydrogen-bond acceptors (Lipinski definition) is 3. The van der Waals surface area contributed by atoms with Gasteiger partial charge >= 0.3 is 5.97 Å². The van der Waals surface area contributed by atoms with E-state index in [4.69, 9.17) is 15.9 Å². The third-order valence-electron chi connectivity index (χ3n) is 2.23. The fraction of sp³-hybridized carbons (Fsp3) is 0.182. The molecule has 0 fully saturated rings. The van der Waals surface area contributed by atoms with E-state index >= 15 is 0 Å². The first-order chi connectivity index (χ1) is 7.00. The summed E-state index contributed by atoms with van der Waals surface area (Å²) in [6, 6.07) is 5.80. The number of phenols is 1. The minimum Gasteiger partial charge on any atom is -0.508 e. The highest BCUT2D eigenvalue weighted by molar-refractivity contribution is 5.80. The van der Waals surface area contributed by atoms with Crippen molar-refractivity contribution in [3.8, 4) is 5.75 Å². The number of carboxylic acid groups (broad SMARTS) is 1. The first-order valence-corrected chi connectivity index (χ1v) is 4.43. The summed E-state index contributed by atoms with van der Waals surface area (Å²) in [4.78, 5) is 11.1. The van der Waals surface area contributed by atoms with Crippen LogP contribution in [-0.4, -0.2) is 16.2 Å². The molecule has 1 aromatic carbocycles. The molecule has 0 saturated carbocycles. The predicted octanol–water partition coefficient (Wildman–Crippen LogP) is 1.21. The van der Waals surface area contributed by atoms with E-state index in [1.54, 1.807) is 0 Å². The Bertz CT molecular complexity index is 372. The van der Waals surface area contributed by atoms with Crippen LogP contribution in [0, 0.1) is 0 Å². The van der Waals surface area contributed by atoms with Gasteiger partial charge in [-0.05, 0) is 24.1 Å². The van der Waals surface area contributed by atoms with Crippen molar-refractivity contribution in [3.63, 3.8) is 0 Å². The average Bonchev–Trinajstić information content (AvgIpc) is 2.18. The van der Waals surface area contributed by atoms with E-state index in [2.05, 4.69) is 6.58 Å². The molecule has 0 aliphatic heterocycles. The maximum absolute atomic E-state index is 11.1. The molecule has 0 spiro atoms. The second-order valence-electron chi connectivity index (χ2n) is 3.32. The molecule has 0 heterocycles. The molecule has 0 aliphatic rings. The number of benzene rings is 1. The highest BCUT2D eigenvalue weighted by Crippen LogP contribution is 2.24. The smallest absolute Gasteiger partial charge is 0.328 e.